The van der Waals surface area contributed by atoms with Gasteiger partial charge in [0.15, 0.2) is 17.3 Å². The molecule has 216 valence electrons. The van der Waals surface area contributed by atoms with Gasteiger partial charge in [0, 0.05) is 53.4 Å². The zero-order valence-corrected chi connectivity index (χ0v) is 23.7. The van der Waals surface area contributed by atoms with Crippen molar-refractivity contribution in [2.45, 2.75) is 69.9 Å². The van der Waals surface area contributed by atoms with E-state index in [1.165, 1.54) is 21.1 Å². The fourth-order valence-electron chi connectivity index (χ4n) is 7.31. The zero-order chi connectivity index (χ0) is 30.1. The number of ether oxygens (including phenoxy) is 2. The lowest BCUT2D eigenvalue weighted by molar-refractivity contribution is -0.137. The third-order valence-electron chi connectivity index (χ3n) is 9.17. The van der Waals surface area contributed by atoms with Crippen molar-refractivity contribution in [2.75, 3.05) is 27.8 Å². The van der Waals surface area contributed by atoms with E-state index >= 15 is 0 Å². The first-order valence-electron chi connectivity index (χ1n) is 13.4. The lowest BCUT2D eigenvalue weighted by Crippen LogP contribution is -2.74. The highest BCUT2D eigenvalue weighted by atomic mass is 16.5. The number of hydrogen-bond acceptors (Lipinski definition) is 11. The minimum Gasteiger partial charge on any atom is -0.498 e. The predicted octanol–water partition coefficient (Wildman–Crippen LogP) is -0.358. The summed E-state index contributed by atoms with van der Waals surface area (Å²) in [5.41, 5.74) is 1.65. The number of nitrogens with zero attached hydrogens (tertiary/aromatic N) is 3. The van der Waals surface area contributed by atoms with Gasteiger partial charge in [-0.05, 0) is 39.3 Å². The molecule has 5 aliphatic rings. The molecule has 0 saturated carbocycles. The summed E-state index contributed by atoms with van der Waals surface area (Å²) in [6.45, 7) is 3.99. The van der Waals surface area contributed by atoms with Gasteiger partial charge in [-0.25, -0.2) is 0 Å². The van der Waals surface area contributed by atoms with E-state index in [1.54, 1.807) is 6.92 Å². The van der Waals surface area contributed by atoms with Gasteiger partial charge in [-0.15, -0.1) is 0 Å². The molecule has 0 aromatic heterocycles. The van der Waals surface area contributed by atoms with E-state index in [9.17, 15) is 34.3 Å². The molecule has 3 heterocycles. The van der Waals surface area contributed by atoms with E-state index < -0.39 is 59.6 Å². The number of rotatable bonds is 5. The van der Waals surface area contributed by atoms with Crippen LogP contribution in [0.15, 0.2) is 45.0 Å². The third kappa shape index (κ3) is 3.94. The summed E-state index contributed by atoms with van der Waals surface area (Å²) in [4.78, 5) is 68.7. The lowest BCUT2D eigenvalue weighted by Gasteiger charge is -2.61. The molecule has 1 amide bonds. The molecule has 6 atom stereocenters. The molecule has 1 saturated heterocycles. The molecule has 1 unspecified atom stereocenters. The van der Waals surface area contributed by atoms with Crippen molar-refractivity contribution < 1.29 is 38.6 Å². The van der Waals surface area contributed by atoms with Crippen LogP contribution in [0.2, 0.25) is 0 Å². The van der Waals surface area contributed by atoms with Crippen molar-refractivity contribution in [3.63, 3.8) is 0 Å². The number of nitriles is 1. The second kappa shape index (κ2) is 10.2. The van der Waals surface area contributed by atoms with Gasteiger partial charge in [0.2, 0.25) is 11.6 Å². The van der Waals surface area contributed by atoms with Gasteiger partial charge in [-0.3, -0.25) is 33.8 Å². The number of likely N-dealkylation sites (N-methyl/N-ethyl adjacent to an activating group) is 1. The smallest absolute Gasteiger partial charge is 0.287 e. The monoisotopic (exact) mass is 564 g/mol. The van der Waals surface area contributed by atoms with Crippen LogP contribution in [0.3, 0.4) is 0 Å². The number of aliphatic hydroxyl groups is 1. The molecule has 12 nitrogen and oxygen atoms in total. The fourth-order valence-corrected chi connectivity index (χ4v) is 7.31. The summed E-state index contributed by atoms with van der Waals surface area (Å²) in [5.74, 6) is -2.74. The van der Waals surface area contributed by atoms with Gasteiger partial charge < -0.3 is 19.9 Å². The lowest BCUT2D eigenvalue weighted by atomic mass is 9.67. The second-order valence-corrected chi connectivity index (χ2v) is 11.0. The van der Waals surface area contributed by atoms with Crippen molar-refractivity contribution in [3.05, 3.63) is 45.0 Å². The number of methoxy groups -OCH3 is 2. The largest absolute Gasteiger partial charge is 0.498 e. The van der Waals surface area contributed by atoms with E-state index in [-0.39, 0.29) is 53.4 Å². The van der Waals surface area contributed by atoms with Crippen molar-refractivity contribution in [2.24, 2.45) is 0 Å². The van der Waals surface area contributed by atoms with E-state index in [0.717, 1.165) is 6.92 Å². The van der Waals surface area contributed by atoms with Crippen molar-refractivity contribution in [3.8, 4) is 6.07 Å². The molecule has 2 N–H and O–H groups in total. The topological polar surface area (TPSA) is 166 Å². The Morgan fingerprint density at radius 1 is 1.02 bits per heavy atom. The first-order chi connectivity index (χ1) is 19.4. The highest BCUT2D eigenvalue weighted by Crippen LogP contribution is 2.49. The molecule has 2 aliphatic carbocycles. The molecular weight excluding hydrogens is 532 g/mol. The molecule has 5 rings (SSSR count). The number of piperazine rings is 1. The summed E-state index contributed by atoms with van der Waals surface area (Å²) in [7, 11) is 4.49. The number of hydrogen-bond donors (Lipinski definition) is 2. The average molecular weight is 565 g/mol. The Hall–Kier alpha value is -3.92. The third-order valence-corrected chi connectivity index (χ3v) is 9.17. The number of ketones is 4. The Morgan fingerprint density at radius 2 is 1.66 bits per heavy atom. The van der Waals surface area contributed by atoms with Crippen LogP contribution in [-0.2, 0) is 33.4 Å². The predicted molar refractivity (Wildman–Crippen MR) is 142 cm³/mol. The highest BCUT2D eigenvalue weighted by molar-refractivity contribution is 6.35. The minimum absolute atomic E-state index is 0.0496. The average Bonchev–Trinajstić information content (AvgIpc) is 2.93. The molecule has 41 heavy (non-hydrogen) atoms. The summed E-state index contributed by atoms with van der Waals surface area (Å²) in [6, 6.07) is -1.24. The van der Waals surface area contributed by atoms with Gasteiger partial charge in [-0.1, -0.05) is 0 Å². The maximum absolute atomic E-state index is 13.7. The normalized spacial score (nSPS) is 31.9. The summed E-state index contributed by atoms with van der Waals surface area (Å²) < 4.78 is 10.7. The molecule has 0 spiro atoms. The van der Waals surface area contributed by atoms with Crippen LogP contribution in [0.5, 0.6) is 0 Å². The Morgan fingerprint density at radius 3 is 2.24 bits per heavy atom. The van der Waals surface area contributed by atoms with Crippen molar-refractivity contribution in [1.29, 1.82) is 5.26 Å². The minimum atomic E-state index is -1.22. The molecule has 0 radical (unpaired) electrons. The van der Waals surface area contributed by atoms with E-state index in [0.29, 0.717) is 16.7 Å². The molecule has 0 aromatic carbocycles. The molecule has 3 aliphatic heterocycles. The van der Waals surface area contributed by atoms with Gasteiger partial charge in [0.25, 0.3) is 5.91 Å². The molecule has 1 fully saturated rings. The zero-order valence-electron chi connectivity index (χ0n) is 23.7. The van der Waals surface area contributed by atoms with Crippen LogP contribution in [0.1, 0.15) is 33.6 Å². The van der Waals surface area contributed by atoms with Crippen LogP contribution in [0.4, 0.5) is 0 Å². The highest BCUT2D eigenvalue weighted by Gasteiger charge is 2.59. The number of aliphatic hydroxyl groups excluding tert-OH is 1. The van der Waals surface area contributed by atoms with Gasteiger partial charge in [0.05, 0.1) is 32.4 Å². The standard InChI is InChI=1S/C29H32N4O8/c1-11-23(35)14-8-17-22-21-15(24(36)12(2)28(41-6)26(21)38)7-16(32(22)4)18(9-30)33(17)19(10-31-29(39)13(3)34)20(14)25(37)27(11)40-5/h16-19,22,26,38H,7-8,10H2,1-6H3,(H,31,39)/t16-,17-,18-,19-,22-,26?/m0/s1. The number of carbonyl (C=O) groups excluding carboxylic acids is 5. The van der Waals surface area contributed by atoms with Gasteiger partial charge in [-0.2, -0.15) is 5.26 Å². The van der Waals surface area contributed by atoms with E-state index in [2.05, 4.69) is 11.4 Å². The Bertz CT molecular complexity index is 1480. The maximum Gasteiger partial charge on any atom is 0.287 e. The van der Waals surface area contributed by atoms with Crippen LogP contribution in [0, 0.1) is 11.3 Å². The molecular formula is C29H32N4O8. The Balaban J connectivity index is 1.71. The summed E-state index contributed by atoms with van der Waals surface area (Å²) in [5, 5.41) is 24.5. The summed E-state index contributed by atoms with van der Waals surface area (Å²) >= 11 is 0. The van der Waals surface area contributed by atoms with Crippen LogP contribution in [0.25, 0.3) is 0 Å². The van der Waals surface area contributed by atoms with Crippen LogP contribution >= 0.6 is 0 Å². The van der Waals surface area contributed by atoms with Gasteiger partial charge in [0.1, 0.15) is 17.9 Å². The fraction of sp³-hybridized carbons (Fsp3) is 0.517. The first-order valence-corrected chi connectivity index (χ1v) is 13.4. The SMILES string of the molecule is COC1=C(C)C(=O)C2=C(C1=O)[C@H](CNC(=O)C(C)=O)N1[C@@H](C#N)[C@@H]3CC4=C(C(O)C(OC)=C(C)C4=O)[C@H]([C@@H]1C2)N3C. The maximum atomic E-state index is 13.7. The van der Waals surface area contributed by atoms with E-state index in [4.69, 9.17) is 9.47 Å². The molecule has 12 heteroatoms. The van der Waals surface area contributed by atoms with E-state index in [1.807, 2.05) is 16.8 Å². The quantitative estimate of drug-likeness (QED) is 0.331. The van der Waals surface area contributed by atoms with Crippen LogP contribution < -0.4 is 5.32 Å². The van der Waals surface area contributed by atoms with Crippen molar-refractivity contribution in [1.82, 2.24) is 15.1 Å². The molecule has 0 aromatic rings. The number of carbonyl (C=O) groups is 5. The summed E-state index contributed by atoms with van der Waals surface area (Å²) in [6.07, 6.45) is -1.01. The van der Waals surface area contributed by atoms with Crippen LogP contribution in [-0.4, -0.2) is 108 Å². The number of Topliss-reactive ketones (excluding diaryl/α,β-unsaturated/α-hetero) is 4. The van der Waals surface area contributed by atoms with Gasteiger partial charge >= 0.3 is 0 Å². The number of allylic oxidation sites excluding steroid dienone is 3. The number of fused-ring (bicyclic) bond motifs is 5. The molecule has 2 bridgehead atoms. The Kier molecular flexibility index (Phi) is 7.09. The number of amides is 1. The second-order valence-electron chi connectivity index (χ2n) is 11.0. The first kappa shape index (κ1) is 28.6. The number of nitrogens with one attached hydrogen (secondary N) is 1. The Labute approximate surface area is 236 Å². The van der Waals surface area contributed by atoms with Crippen molar-refractivity contribution >= 4 is 29.0 Å².